The van der Waals surface area contributed by atoms with Crippen molar-refractivity contribution in [2.24, 2.45) is 0 Å². The van der Waals surface area contributed by atoms with E-state index in [0.717, 1.165) is 0 Å². The number of hydrogen-bond donors (Lipinski definition) is 1. The summed E-state index contributed by atoms with van der Waals surface area (Å²) >= 11 is 0. The number of amides is 1. The largest absolute Gasteiger partial charge is 0.462 e. The number of nitrogens with zero attached hydrogens (tertiary/aromatic N) is 1. The predicted molar refractivity (Wildman–Crippen MR) is 52.5 cm³/mol. The molecule has 5 nitrogen and oxygen atoms in total. The molecule has 0 bridgehead atoms. The summed E-state index contributed by atoms with van der Waals surface area (Å²) in [6, 6.07) is 4.91. The highest BCUT2D eigenvalue weighted by molar-refractivity contribution is 6.11. The second-order valence-corrected chi connectivity index (χ2v) is 2.98. The normalized spacial score (nSPS) is 12.7. The van der Waals surface area contributed by atoms with Gasteiger partial charge in [0, 0.05) is 0 Å². The maximum absolute atomic E-state index is 11.5. The molecule has 1 heterocycles. The van der Waals surface area contributed by atoms with Crippen LogP contribution < -0.4 is 10.9 Å². The average Bonchev–Trinajstić information content (AvgIpc) is 2.61. The highest BCUT2D eigenvalue weighted by atomic mass is 16.5. The van der Waals surface area contributed by atoms with Crippen LogP contribution in [-0.2, 0) is 4.74 Å². The molecule has 0 fully saturated rings. The van der Waals surface area contributed by atoms with Gasteiger partial charge in [-0.05, 0) is 19.1 Å². The quantitative estimate of drug-likeness (QED) is 0.730. The molecule has 0 saturated carbocycles. The Bertz CT molecular complexity index is 429. The average molecular weight is 205 g/mol. The fraction of sp³-hybridized carbons (Fsp3) is 0.200. The van der Waals surface area contributed by atoms with E-state index in [1.54, 1.807) is 25.1 Å². The number of rotatable bonds is 2. The molecule has 0 atom stereocenters. The summed E-state index contributed by atoms with van der Waals surface area (Å²) in [5, 5.41) is 0. The molecule has 0 unspecified atom stereocenters. The van der Waals surface area contributed by atoms with Gasteiger partial charge in [0.25, 0.3) is 5.91 Å². The van der Waals surface area contributed by atoms with Crippen LogP contribution in [0.4, 0.5) is 5.69 Å². The third-order valence-corrected chi connectivity index (χ3v) is 2.05. The van der Waals surface area contributed by atoms with Crippen LogP contribution >= 0.6 is 0 Å². The monoisotopic (exact) mass is 205 g/mol. The minimum atomic E-state index is -0.499. The van der Waals surface area contributed by atoms with E-state index < -0.39 is 11.9 Å². The highest BCUT2D eigenvalue weighted by Gasteiger charge is 2.27. The molecule has 1 aliphatic heterocycles. The van der Waals surface area contributed by atoms with Crippen molar-refractivity contribution in [3.63, 3.8) is 0 Å². The summed E-state index contributed by atoms with van der Waals surface area (Å²) in [5.41, 5.74) is 7.16. The molecule has 5 heteroatoms. The lowest BCUT2D eigenvalue weighted by Crippen LogP contribution is -2.14. The number of fused-ring (bicyclic) bond motifs is 1. The van der Waals surface area contributed by atoms with E-state index >= 15 is 0 Å². The SMILES string of the molecule is CCOC(=O)c1cccc2c1C(=O)[N]N2. The molecule has 15 heavy (non-hydrogen) atoms. The molecule has 0 aromatic heterocycles. The third kappa shape index (κ3) is 1.52. The Balaban J connectivity index is 2.45. The highest BCUT2D eigenvalue weighted by Crippen LogP contribution is 2.24. The fourth-order valence-electron chi connectivity index (χ4n) is 1.42. The second-order valence-electron chi connectivity index (χ2n) is 2.98. The van der Waals surface area contributed by atoms with Crippen molar-refractivity contribution < 1.29 is 14.3 Å². The molecule has 2 rings (SSSR count). The Morgan fingerprint density at radius 1 is 1.53 bits per heavy atom. The smallest absolute Gasteiger partial charge is 0.339 e. The van der Waals surface area contributed by atoms with Crippen LogP contribution in [0.3, 0.4) is 0 Å². The first kappa shape index (κ1) is 9.51. The van der Waals surface area contributed by atoms with Crippen LogP contribution in [0.25, 0.3) is 0 Å². The van der Waals surface area contributed by atoms with Crippen LogP contribution in [0.5, 0.6) is 0 Å². The molecule has 1 aromatic rings. The number of carbonyl (C=O) groups excluding carboxylic acids is 2. The Morgan fingerprint density at radius 2 is 2.33 bits per heavy atom. The Morgan fingerprint density at radius 3 is 3.07 bits per heavy atom. The van der Waals surface area contributed by atoms with E-state index in [1.165, 1.54) is 0 Å². The third-order valence-electron chi connectivity index (χ3n) is 2.05. The van der Waals surface area contributed by atoms with Crippen LogP contribution in [0.2, 0.25) is 0 Å². The number of esters is 1. The van der Waals surface area contributed by atoms with Crippen molar-refractivity contribution in [2.75, 3.05) is 12.0 Å². The van der Waals surface area contributed by atoms with Gasteiger partial charge in [0.1, 0.15) is 0 Å². The van der Waals surface area contributed by atoms with Gasteiger partial charge in [0.15, 0.2) is 0 Å². The van der Waals surface area contributed by atoms with Gasteiger partial charge in [-0.3, -0.25) is 10.2 Å². The summed E-state index contributed by atoms with van der Waals surface area (Å²) in [6.07, 6.45) is 0. The van der Waals surface area contributed by atoms with Crippen LogP contribution in [0.1, 0.15) is 27.6 Å². The van der Waals surface area contributed by atoms with Gasteiger partial charge in [-0.15, -0.1) is 5.43 Å². The maximum Gasteiger partial charge on any atom is 0.339 e. The van der Waals surface area contributed by atoms with Gasteiger partial charge in [0.05, 0.1) is 23.4 Å². The standard InChI is InChI=1S/C10H9N2O3/c1-2-15-10(14)6-4-3-5-7-8(6)9(13)12-11-7/h3-5,11H,2H2,1H3. The molecule has 1 aromatic carbocycles. The number of nitrogens with one attached hydrogen (secondary N) is 1. The molecule has 0 aliphatic carbocycles. The Kier molecular flexibility index (Phi) is 2.29. The number of carbonyl (C=O) groups is 2. The van der Waals surface area contributed by atoms with Gasteiger partial charge in [-0.25, -0.2) is 4.79 Å². The number of ether oxygens (including phenoxy) is 1. The summed E-state index contributed by atoms with van der Waals surface area (Å²) in [6.45, 7) is 1.99. The Hall–Kier alpha value is -2.04. The van der Waals surface area contributed by atoms with Gasteiger partial charge in [-0.1, -0.05) is 6.07 Å². The van der Waals surface area contributed by atoms with Gasteiger partial charge < -0.3 is 4.74 Å². The molecule has 1 aliphatic rings. The lowest BCUT2D eigenvalue weighted by Gasteiger charge is -2.04. The minimum Gasteiger partial charge on any atom is -0.462 e. The topological polar surface area (TPSA) is 69.5 Å². The van der Waals surface area contributed by atoms with Gasteiger partial charge >= 0.3 is 5.97 Å². The van der Waals surface area contributed by atoms with Gasteiger partial charge in [0.2, 0.25) is 0 Å². The lowest BCUT2D eigenvalue weighted by atomic mass is 10.1. The fourth-order valence-corrected chi connectivity index (χ4v) is 1.42. The van der Waals surface area contributed by atoms with E-state index in [1.807, 2.05) is 0 Å². The molecule has 0 spiro atoms. The lowest BCUT2D eigenvalue weighted by molar-refractivity contribution is 0.0523. The first-order valence-electron chi connectivity index (χ1n) is 4.55. The van der Waals surface area contributed by atoms with Crippen molar-refractivity contribution in [1.82, 2.24) is 5.43 Å². The molecule has 77 valence electrons. The summed E-state index contributed by atoms with van der Waals surface area (Å²) < 4.78 is 4.84. The summed E-state index contributed by atoms with van der Waals surface area (Å²) in [4.78, 5) is 22.9. The number of anilines is 1. The van der Waals surface area contributed by atoms with E-state index in [4.69, 9.17) is 4.74 Å². The molecule has 1 amide bonds. The second kappa shape index (κ2) is 3.61. The molecule has 0 saturated heterocycles. The van der Waals surface area contributed by atoms with Crippen molar-refractivity contribution in [1.29, 1.82) is 0 Å². The van der Waals surface area contributed by atoms with Crippen LogP contribution in [0, 0.1) is 0 Å². The van der Waals surface area contributed by atoms with Crippen molar-refractivity contribution in [3.05, 3.63) is 29.3 Å². The number of hydrogen-bond acceptors (Lipinski definition) is 4. The molecular formula is C10H9N2O3. The molecule has 1 radical (unpaired) electrons. The maximum atomic E-state index is 11.5. The van der Waals surface area contributed by atoms with E-state index in [0.29, 0.717) is 5.69 Å². The summed E-state index contributed by atoms with van der Waals surface area (Å²) in [5.74, 6) is -0.935. The zero-order valence-electron chi connectivity index (χ0n) is 8.11. The van der Waals surface area contributed by atoms with Crippen LogP contribution in [-0.4, -0.2) is 18.5 Å². The van der Waals surface area contributed by atoms with E-state index in [9.17, 15) is 9.59 Å². The predicted octanol–water partition coefficient (Wildman–Crippen LogP) is 0.948. The van der Waals surface area contributed by atoms with Crippen molar-refractivity contribution in [2.45, 2.75) is 6.92 Å². The molecule has 1 N–H and O–H groups in total. The first-order chi connectivity index (χ1) is 7.24. The van der Waals surface area contributed by atoms with Crippen molar-refractivity contribution in [3.8, 4) is 0 Å². The number of benzene rings is 1. The van der Waals surface area contributed by atoms with Crippen molar-refractivity contribution >= 4 is 17.6 Å². The molecular weight excluding hydrogens is 196 g/mol. The van der Waals surface area contributed by atoms with Gasteiger partial charge in [-0.2, -0.15) is 0 Å². The van der Waals surface area contributed by atoms with E-state index in [-0.39, 0.29) is 17.7 Å². The first-order valence-corrected chi connectivity index (χ1v) is 4.55. The summed E-state index contributed by atoms with van der Waals surface area (Å²) in [7, 11) is 0. The Labute approximate surface area is 86.4 Å². The zero-order valence-corrected chi connectivity index (χ0v) is 8.11. The van der Waals surface area contributed by atoms with Crippen LogP contribution in [0.15, 0.2) is 18.2 Å². The zero-order chi connectivity index (χ0) is 10.8. The van der Waals surface area contributed by atoms with E-state index in [2.05, 4.69) is 10.9 Å². The minimum absolute atomic E-state index is 0.258.